The average Bonchev–Trinajstić information content (AvgIpc) is 2.95. The van der Waals surface area contributed by atoms with Crippen molar-refractivity contribution < 1.29 is 18.7 Å². The smallest absolute Gasteiger partial charge is 0.346 e. The average molecular weight is 369 g/mol. The van der Waals surface area contributed by atoms with E-state index in [9.17, 15) is 9.18 Å². The molecule has 1 unspecified atom stereocenters. The lowest BCUT2D eigenvalue weighted by Crippen LogP contribution is -2.35. The quantitative estimate of drug-likeness (QED) is 0.591. The first-order valence-electron chi connectivity index (χ1n) is 8.67. The summed E-state index contributed by atoms with van der Waals surface area (Å²) < 4.78 is 23.9. The Morgan fingerprint density at radius 1 is 1.11 bits per heavy atom. The highest BCUT2D eigenvalue weighted by Crippen LogP contribution is 2.37. The molecule has 1 aliphatic rings. The maximum atomic E-state index is 13.3. The number of esters is 1. The van der Waals surface area contributed by atoms with Crippen LogP contribution < -0.4 is 9.33 Å². The highest BCUT2D eigenvalue weighted by Gasteiger charge is 2.43. The molecule has 140 valence electrons. The van der Waals surface area contributed by atoms with Gasteiger partial charge in [0, 0.05) is 24.6 Å². The van der Waals surface area contributed by atoms with Crippen LogP contribution in [0.4, 0.5) is 10.1 Å². The molecule has 5 nitrogen and oxygen atoms in total. The molecule has 0 aliphatic carbocycles. The number of hydrogen-bond donors (Lipinski definition) is 0. The summed E-state index contributed by atoms with van der Waals surface area (Å²) in [6, 6.07) is 13.5. The van der Waals surface area contributed by atoms with Crippen molar-refractivity contribution in [3.8, 4) is 5.75 Å². The van der Waals surface area contributed by atoms with Gasteiger partial charge in [-0.2, -0.15) is 0 Å². The third-order valence-electron chi connectivity index (χ3n) is 4.71. The van der Waals surface area contributed by atoms with Gasteiger partial charge < -0.3 is 9.47 Å². The van der Waals surface area contributed by atoms with Crippen molar-refractivity contribution in [1.29, 1.82) is 0 Å². The number of carbonyl (C=O) groups is 1. The summed E-state index contributed by atoms with van der Waals surface area (Å²) in [5.41, 5.74) is 3.12. The minimum atomic E-state index is -0.469. The fourth-order valence-corrected chi connectivity index (χ4v) is 3.12. The number of ether oxygens (including phenoxy) is 2. The highest BCUT2D eigenvalue weighted by molar-refractivity contribution is 6.28. The Hall–Kier alpha value is -2.99. The third-order valence-corrected chi connectivity index (χ3v) is 4.71. The van der Waals surface area contributed by atoms with E-state index in [1.54, 1.807) is 12.1 Å². The van der Waals surface area contributed by atoms with Gasteiger partial charge in [0.25, 0.3) is 0 Å². The van der Waals surface area contributed by atoms with Gasteiger partial charge in [0.1, 0.15) is 24.3 Å². The Balaban J connectivity index is 2.12. The van der Waals surface area contributed by atoms with E-state index in [-0.39, 0.29) is 10.4 Å². The molecule has 0 amide bonds. The van der Waals surface area contributed by atoms with Crippen LogP contribution in [0.1, 0.15) is 19.4 Å². The molecule has 0 bridgehead atoms. The van der Waals surface area contributed by atoms with Crippen molar-refractivity contribution in [2.75, 3.05) is 20.8 Å². The van der Waals surface area contributed by atoms with Crippen LogP contribution in [-0.4, -0.2) is 32.4 Å². The van der Waals surface area contributed by atoms with Crippen molar-refractivity contribution in [3.05, 3.63) is 71.2 Å². The van der Waals surface area contributed by atoms with Crippen LogP contribution in [0.3, 0.4) is 0 Å². The second kappa shape index (κ2) is 7.32. The molecular formula is C21H22FN2O3+. The molecule has 1 aliphatic heterocycles. The maximum Gasteiger partial charge on any atom is 0.346 e. The van der Waals surface area contributed by atoms with Crippen molar-refractivity contribution in [2.45, 2.75) is 13.8 Å². The van der Waals surface area contributed by atoms with E-state index in [0.717, 1.165) is 17.1 Å². The maximum absolute atomic E-state index is 13.3. The molecule has 6 heteroatoms. The molecule has 27 heavy (non-hydrogen) atoms. The van der Waals surface area contributed by atoms with Gasteiger partial charge in [-0.25, -0.2) is 9.18 Å². The van der Waals surface area contributed by atoms with Gasteiger partial charge in [-0.15, -0.1) is 4.59 Å². The zero-order valence-electron chi connectivity index (χ0n) is 15.8. The van der Waals surface area contributed by atoms with Crippen LogP contribution in [-0.2, 0) is 9.53 Å². The predicted octanol–water partition coefficient (Wildman–Crippen LogP) is 4.03. The van der Waals surface area contributed by atoms with Crippen molar-refractivity contribution in [1.82, 2.24) is 4.59 Å². The molecule has 0 saturated heterocycles. The molecule has 0 spiro atoms. The monoisotopic (exact) mass is 369 g/mol. The lowest BCUT2D eigenvalue weighted by molar-refractivity contribution is -0.135. The standard InChI is InChI=1S/C21H22FN2O3/c1-5-27-18-12-10-17(11-13-18)24(3)14(2)19(21(25)26-4)20(23-24)15-6-8-16(22)9-7-15/h6-13H,5H2,1-4H3/q+1. The zero-order valence-corrected chi connectivity index (χ0v) is 15.8. The molecular weight excluding hydrogens is 347 g/mol. The van der Waals surface area contributed by atoms with Crippen LogP contribution >= 0.6 is 0 Å². The van der Waals surface area contributed by atoms with Gasteiger partial charge in [-0.1, -0.05) is 5.10 Å². The molecule has 0 radical (unpaired) electrons. The van der Waals surface area contributed by atoms with Gasteiger partial charge >= 0.3 is 5.97 Å². The van der Waals surface area contributed by atoms with Gasteiger partial charge in [-0.3, -0.25) is 0 Å². The summed E-state index contributed by atoms with van der Waals surface area (Å²) in [6.07, 6.45) is 0. The minimum absolute atomic E-state index is 0.0730. The second-order valence-corrected chi connectivity index (χ2v) is 6.29. The van der Waals surface area contributed by atoms with E-state index in [1.165, 1.54) is 19.2 Å². The van der Waals surface area contributed by atoms with Gasteiger partial charge in [0.15, 0.2) is 17.0 Å². The summed E-state index contributed by atoms with van der Waals surface area (Å²) in [6.45, 7) is 4.36. The molecule has 0 aromatic heterocycles. The Labute approximate surface area is 157 Å². The number of allylic oxidation sites excluding steroid dienone is 1. The Morgan fingerprint density at radius 3 is 2.30 bits per heavy atom. The van der Waals surface area contributed by atoms with Gasteiger partial charge in [0.2, 0.25) is 0 Å². The van der Waals surface area contributed by atoms with Crippen molar-refractivity contribution in [3.63, 3.8) is 0 Å². The molecule has 3 rings (SSSR count). The summed E-state index contributed by atoms with van der Waals surface area (Å²) in [5.74, 6) is -0.0469. The molecule has 0 saturated carbocycles. The van der Waals surface area contributed by atoms with E-state index < -0.39 is 5.97 Å². The van der Waals surface area contributed by atoms with Crippen molar-refractivity contribution >= 4 is 17.4 Å². The lowest BCUT2D eigenvalue weighted by atomic mass is 10.0. The number of halogens is 1. The fourth-order valence-electron chi connectivity index (χ4n) is 3.12. The Bertz CT molecular complexity index is 917. The normalized spacial score (nSPS) is 19.1. The summed E-state index contributed by atoms with van der Waals surface area (Å²) in [7, 11) is 3.23. The first kappa shape index (κ1) is 18.8. The Kier molecular flexibility index (Phi) is 5.10. The number of nitrogens with zero attached hydrogens (tertiary/aromatic N) is 2. The van der Waals surface area contributed by atoms with Gasteiger partial charge in [-0.05, 0) is 43.3 Å². The molecule has 0 N–H and O–H groups in total. The Morgan fingerprint density at radius 2 is 1.74 bits per heavy atom. The number of hydrogen-bond acceptors (Lipinski definition) is 4. The van der Waals surface area contributed by atoms with Crippen LogP contribution in [0.15, 0.2) is 64.9 Å². The molecule has 1 heterocycles. The fraction of sp³-hybridized carbons (Fsp3) is 0.238. The third kappa shape index (κ3) is 3.36. The molecule has 2 aromatic rings. The van der Waals surface area contributed by atoms with E-state index in [2.05, 4.69) is 0 Å². The second-order valence-electron chi connectivity index (χ2n) is 6.29. The number of quaternary nitrogens is 1. The summed E-state index contributed by atoms with van der Waals surface area (Å²) >= 11 is 0. The lowest BCUT2D eigenvalue weighted by Gasteiger charge is -2.24. The molecule has 0 fully saturated rings. The van der Waals surface area contributed by atoms with Crippen LogP contribution in [0.2, 0.25) is 0 Å². The largest absolute Gasteiger partial charge is 0.494 e. The van der Waals surface area contributed by atoms with E-state index in [0.29, 0.717) is 23.5 Å². The SMILES string of the molecule is CCOc1ccc([N+]2(C)N=C(c3ccc(F)cc3)C(C(=O)OC)=C2C)cc1. The number of methoxy groups -OCH3 is 1. The summed E-state index contributed by atoms with van der Waals surface area (Å²) in [5, 5.41) is 4.81. The van der Waals surface area contributed by atoms with Crippen LogP contribution in [0.5, 0.6) is 5.75 Å². The highest BCUT2D eigenvalue weighted by atomic mass is 19.1. The first-order valence-corrected chi connectivity index (χ1v) is 8.67. The minimum Gasteiger partial charge on any atom is -0.494 e. The molecule has 1 atom stereocenters. The van der Waals surface area contributed by atoms with Crippen molar-refractivity contribution in [2.24, 2.45) is 5.10 Å². The zero-order chi connectivity index (χ0) is 19.6. The number of carbonyl (C=O) groups excluding carboxylic acids is 1. The summed E-state index contributed by atoms with van der Waals surface area (Å²) in [4.78, 5) is 12.5. The topological polar surface area (TPSA) is 47.9 Å². The predicted molar refractivity (Wildman–Crippen MR) is 103 cm³/mol. The van der Waals surface area contributed by atoms with E-state index >= 15 is 0 Å². The number of benzene rings is 2. The van der Waals surface area contributed by atoms with E-state index in [1.807, 2.05) is 45.2 Å². The van der Waals surface area contributed by atoms with Crippen LogP contribution in [0, 0.1) is 5.82 Å². The van der Waals surface area contributed by atoms with Gasteiger partial charge in [0.05, 0.1) is 13.7 Å². The first-order chi connectivity index (χ1) is 12.9. The number of rotatable bonds is 5. The van der Waals surface area contributed by atoms with Crippen LogP contribution in [0.25, 0.3) is 0 Å². The molecule has 2 aromatic carbocycles. The van der Waals surface area contributed by atoms with E-state index in [4.69, 9.17) is 14.6 Å².